The molecule has 0 fully saturated rings. The molecule has 0 spiro atoms. The summed E-state index contributed by atoms with van der Waals surface area (Å²) in [6.45, 7) is -0.0157. The van der Waals surface area contributed by atoms with Crippen molar-refractivity contribution in [2.24, 2.45) is 0 Å². The smallest absolute Gasteiger partial charge is 0.305 e. The average Bonchev–Trinajstić information content (AvgIpc) is 2.22. The van der Waals surface area contributed by atoms with E-state index < -0.39 is 22.4 Å². The van der Waals surface area contributed by atoms with Crippen molar-refractivity contribution in [2.45, 2.75) is 6.42 Å². The van der Waals surface area contributed by atoms with Gasteiger partial charge in [-0.15, -0.1) is 0 Å². The molecule has 0 unspecified atom stereocenters. The standard InChI is InChI=1S/C9H8ClFN2O4/c10-5-3-7(12-2-1-9(14)15)8(13(16)17)4-6(5)11/h3-4,12H,1-2H2,(H,14,15). The first-order valence-electron chi connectivity index (χ1n) is 4.51. The van der Waals surface area contributed by atoms with Crippen LogP contribution in [-0.4, -0.2) is 22.5 Å². The van der Waals surface area contributed by atoms with E-state index in [9.17, 15) is 19.3 Å². The fraction of sp³-hybridized carbons (Fsp3) is 0.222. The zero-order valence-electron chi connectivity index (χ0n) is 8.44. The molecule has 0 bridgehead atoms. The fourth-order valence-corrected chi connectivity index (χ4v) is 1.30. The third-order valence-corrected chi connectivity index (χ3v) is 2.18. The minimum absolute atomic E-state index is 0.0114. The Morgan fingerprint density at radius 1 is 1.59 bits per heavy atom. The van der Waals surface area contributed by atoms with Gasteiger partial charge in [-0.05, 0) is 6.07 Å². The fourth-order valence-electron chi connectivity index (χ4n) is 1.13. The van der Waals surface area contributed by atoms with E-state index in [4.69, 9.17) is 16.7 Å². The van der Waals surface area contributed by atoms with E-state index in [0.29, 0.717) is 6.07 Å². The molecule has 17 heavy (non-hydrogen) atoms. The molecule has 0 saturated carbocycles. The van der Waals surface area contributed by atoms with E-state index >= 15 is 0 Å². The molecule has 0 aliphatic carbocycles. The number of nitro benzene ring substituents is 1. The monoisotopic (exact) mass is 262 g/mol. The lowest BCUT2D eigenvalue weighted by Gasteiger charge is -2.06. The number of anilines is 1. The van der Waals surface area contributed by atoms with Crippen LogP contribution in [-0.2, 0) is 4.79 Å². The molecule has 2 N–H and O–H groups in total. The van der Waals surface area contributed by atoms with Gasteiger partial charge in [0.25, 0.3) is 5.69 Å². The molecule has 1 aromatic rings. The predicted molar refractivity (Wildman–Crippen MR) is 58.8 cm³/mol. The van der Waals surface area contributed by atoms with Crippen molar-refractivity contribution in [1.82, 2.24) is 0 Å². The second kappa shape index (κ2) is 5.44. The van der Waals surface area contributed by atoms with Crippen molar-refractivity contribution < 1.29 is 19.2 Å². The Bertz CT molecular complexity index is 467. The van der Waals surface area contributed by atoms with Gasteiger partial charge in [-0.2, -0.15) is 0 Å². The third-order valence-electron chi connectivity index (χ3n) is 1.89. The molecule has 0 atom stereocenters. The summed E-state index contributed by atoms with van der Waals surface area (Å²) >= 11 is 5.48. The average molecular weight is 263 g/mol. The Labute approximate surface area is 100 Å². The van der Waals surface area contributed by atoms with E-state index in [1.807, 2.05) is 0 Å². The van der Waals surface area contributed by atoms with E-state index in [0.717, 1.165) is 6.07 Å². The SMILES string of the molecule is O=C(O)CCNc1cc(Cl)c(F)cc1[N+](=O)[O-]. The van der Waals surface area contributed by atoms with Crippen molar-refractivity contribution in [2.75, 3.05) is 11.9 Å². The van der Waals surface area contributed by atoms with Gasteiger partial charge < -0.3 is 10.4 Å². The number of halogens is 2. The van der Waals surface area contributed by atoms with Gasteiger partial charge in [0.05, 0.1) is 22.4 Å². The topological polar surface area (TPSA) is 92.5 Å². The number of rotatable bonds is 5. The van der Waals surface area contributed by atoms with E-state index in [1.54, 1.807) is 0 Å². The molecule has 0 amide bonds. The zero-order valence-corrected chi connectivity index (χ0v) is 9.20. The van der Waals surface area contributed by atoms with E-state index in [1.165, 1.54) is 0 Å². The highest BCUT2D eigenvalue weighted by Gasteiger charge is 2.17. The highest BCUT2D eigenvalue weighted by Crippen LogP contribution is 2.30. The highest BCUT2D eigenvalue weighted by atomic mass is 35.5. The van der Waals surface area contributed by atoms with Gasteiger partial charge in [0.2, 0.25) is 0 Å². The minimum atomic E-state index is -1.05. The highest BCUT2D eigenvalue weighted by molar-refractivity contribution is 6.31. The molecule has 1 rings (SSSR count). The van der Waals surface area contributed by atoms with E-state index in [2.05, 4.69) is 5.32 Å². The van der Waals surface area contributed by atoms with Crippen LogP contribution in [0.15, 0.2) is 12.1 Å². The van der Waals surface area contributed by atoms with Gasteiger partial charge in [-0.3, -0.25) is 14.9 Å². The second-order valence-electron chi connectivity index (χ2n) is 3.11. The number of aliphatic carboxylic acids is 1. The number of hydrogen-bond donors (Lipinski definition) is 2. The lowest BCUT2D eigenvalue weighted by Crippen LogP contribution is -2.09. The van der Waals surface area contributed by atoms with Crippen LogP contribution in [0.5, 0.6) is 0 Å². The lowest BCUT2D eigenvalue weighted by atomic mass is 10.2. The Balaban J connectivity index is 2.92. The molecule has 1 aromatic carbocycles. The third kappa shape index (κ3) is 3.56. The first kappa shape index (κ1) is 13.2. The molecule has 0 saturated heterocycles. The Kier molecular flexibility index (Phi) is 4.22. The largest absolute Gasteiger partial charge is 0.481 e. The number of nitrogens with zero attached hydrogens (tertiary/aromatic N) is 1. The first-order chi connectivity index (χ1) is 7.91. The molecular formula is C9H8ClFN2O4. The van der Waals surface area contributed by atoms with Crippen molar-refractivity contribution in [3.05, 3.63) is 33.1 Å². The number of carboxylic acid groups (broad SMARTS) is 1. The zero-order chi connectivity index (χ0) is 13.0. The molecule has 0 aliphatic heterocycles. The summed E-state index contributed by atoms with van der Waals surface area (Å²) < 4.78 is 13.0. The molecule has 6 nitrogen and oxygen atoms in total. The van der Waals surface area contributed by atoms with Crippen molar-refractivity contribution in [3.63, 3.8) is 0 Å². The van der Waals surface area contributed by atoms with Crippen LogP contribution in [0.3, 0.4) is 0 Å². The number of carboxylic acids is 1. The quantitative estimate of drug-likeness (QED) is 0.627. The Hall–Kier alpha value is -1.89. The minimum Gasteiger partial charge on any atom is -0.481 e. The van der Waals surface area contributed by atoms with Crippen LogP contribution < -0.4 is 5.32 Å². The molecule has 8 heteroatoms. The Morgan fingerprint density at radius 3 is 2.76 bits per heavy atom. The molecule has 92 valence electrons. The summed E-state index contributed by atoms with van der Waals surface area (Å²) in [5, 5.41) is 21.3. The van der Waals surface area contributed by atoms with Gasteiger partial charge in [0.1, 0.15) is 11.5 Å². The van der Waals surface area contributed by atoms with Crippen LogP contribution >= 0.6 is 11.6 Å². The van der Waals surface area contributed by atoms with Crippen LogP contribution in [0.1, 0.15) is 6.42 Å². The first-order valence-corrected chi connectivity index (χ1v) is 4.88. The maximum absolute atomic E-state index is 13.0. The van der Waals surface area contributed by atoms with Crippen LogP contribution in [0, 0.1) is 15.9 Å². The summed E-state index contributed by atoms with van der Waals surface area (Å²) in [6, 6.07) is 1.74. The summed E-state index contributed by atoms with van der Waals surface area (Å²) in [5.74, 6) is -1.95. The number of nitro groups is 1. The number of carbonyl (C=O) groups is 1. The summed E-state index contributed by atoms with van der Waals surface area (Å²) in [5.41, 5.74) is -0.500. The van der Waals surface area contributed by atoms with Crippen molar-refractivity contribution in [1.29, 1.82) is 0 Å². The lowest BCUT2D eigenvalue weighted by molar-refractivity contribution is -0.384. The van der Waals surface area contributed by atoms with E-state index in [-0.39, 0.29) is 23.7 Å². The van der Waals surface area contributed by atoms with Gasteiger partial charge in [-0.1, -0.05) is 11.6 Å². The summed E-state index contributed by atoms with van der Waals surface area (Å²) in [7, 11) is 0. The number of benzene rings is 1. The molecule has 0 aromatic heterocycles. The Morgan fingerprint density at radius 2 is 2.24 bits per heavy atom. The molecule has 0 radical (unpaired) electrons. The number of hydrogen-bond acceptors (Lipinski definition) is 4. The number of nitrogens with one attached hydrogen (secondary N) is 1. The van der Waals surface area contributed by atoms with Crippen LogP contribution in [0.4, 0.5) is 15.8 Å². The summed E-state index contributed by atoms with van der Waals surface area (Å²) in [4.78, 5) is 20.1. The van der Waals surface area contributed by atoms with Gasteiger partial charge >= 0.3 is 5.97 Å². The molecule has 0 aliphatic rings. The van der Waals surface area contributed by atoms with Crippen LogP contribution in [0.2, 0.25) is 5.02 Å². The van der Waals surface area contributed by atoms with Crippen molar-refractivity contribution in [3.8, 4) is 0 Å². The van der Waals surface area contributed by atoms with Gasteiger partial charge in [0.15, 0.2) is 0 Å². The normalized spacial score (nSPS) is 10.0. The molecule has 0 heterocycles. The predicted octanol–water partition coefficient (Wildman–Crippen LogP) is 2.27. The maximum Gasteiger partial charge on any atom is 0.305 e. The molecular weight excluding hydrogens is 255 g/mol. The maximum atomic E-state index is 13.0. The summed E-state index contributed by atoms with van der Waals surface area (Å²) in [6.07, 6.45) is -0.216. The van der Waals surface area contributed by atoms with Crippen molar-refractivity contribution >= 4 is 28.9 Å². The van der Waals surface area contributed by atoms with Crippen LogP contribution in [0.25, 0.3) is 0 Å². The van der Waals surface area contributed by atoms with Gasteiger partial charge in [-0.25, -0.2) is 4.39 Å². The van der Waals surface area contributed by atoms with Gasteiger partial charge in [0, 0.05) is 6.54 Å². The second-order valence-corrected chi connectivity index (χ2v) is 3.52.